The highest BCUT2D eigenvalue weighted by molar-refractivity contribution is 5.88. The number of carbonyl (C=O) groups excluding carboxylic acids is 2. The maximum atomic E-state index is 13.7. The van der Waals surface area contributed by atoms with Crippen LogP contribution in [0.2, 0.25) is 0 Å². The van der Waals surface area contributed by atoms with Crippen molar-refractivity contribution in [3.8, 4) is 5.75 Å². The molecule has 0 radical (unpaired) electrons. The van der Waals surface area contributed by atoms with E-state index in [4.69, 9.17) is 4.74 Å². The molecule has 190 valence electrons. The molecule has 0 bridgehead atoms. The SMILES string of the molecule is Cc1ccc(OCC(=O)N(Cc2ccccc2C)[C@@H](Cc2ccccc2)C(=O)NCC(C)C)c(C)c1. The summed E-state index contributed by atoms with van der Waals surface area (Å²) in [5, 5.41) is 3.05. The van der Waals surface area contributed by atoms with Crippen LogP contribution in [0.1, 0.15) is 41.7 Å². The normalized spacial score (nSPS) is 11.7. The number of hydrogen-bond donors (Lipinski definition) is 1. The molecule has 0 saturated heterocycles. The van der Waals surface area contributed by atoms with E-state index in [0.717, 1.165) is 27.8 Å². The van der Waals surface area contributed by atoms with Crippen molar-refractivity contribution < 1.29 is 14.3 Å². The number of ether oxygens (including phenoxy) is 1. The zero-order valence-corrected chi connectivity index (χ0v) is 22.1. The average Bonchev–Trinajstić information content (AvgIpc) is 2.85. The Morgan fingerprint density at radius 1 is 0.889 bits per heavy atom. The van der Waals surface area contributed by atoms with Crippen LogP contribution in [0.4, 0.5) is 0 Å². The van der Waals surface area contributed by atoms with Crippen molar-refractivity contribution >= 4 is 11.8 Å². The van der Waals surface area contributed by atoms with Crippen LogP contribution in [0.25, 0.3) is 0 Å². The third kappa shape index (κ3) is 7.70. The summed E-state index contributed by atoms with van der Waals surface area (Å²) >= 11 is 0. The second kappa shape index (κ2) is 12.9. The Morgan fingerprint density at radius 3 is 2.25 bits per heavy atom. The van der Waals surface area contributed by atoms with Gasteiger partial charge in [0.2, 0.25) is 5.91 Å². The summed E-state index contributed by atoms with van der Waals surface area (Å²) in [6.45, 7) is 10.9. The van der Waals surface area contributed by atoms with Gasteiger partial charge < -0.3 is 15.0 Å². The van der Waals surface area contributed by atoms with E-state index in [2.05, 4.69) is 19.2 Å². The zero-order valence-electron chi connectivity index (χ0n) is 22.1. The highest BCUT2D eigenvalue weighted by Crippen LogP contribution is 2.21. The number of nitrogens with one attached hydrogen (secondary N) is 1. The Hall–Kier alpha value is -3.60. The first-order valence-electron chi connectivity index (χ1n) is 12.6. The number of amides is 2. The summed E-state index contributed by atoms with van der Waals surface area (Å²) in [5.41, 5.74) is 5.19. The van der Waals surface area contributed by atoms with Gasteiger partial charge in [-0.2, -0.15) is 0 Å². The molecule has 0 aliphatic heterocycles. The van der Waals surface area contributed by atoms with Crippen molar-refractivity contribution in [2.45, 2.75) is 53.6 Å². The highest BCUT2D eigenvalue weighted by atomic mass is 16.5. The summed E-state index contributed by atoms with van der Waals surface area (Å²) in [7, 11) is 0. The van der Waals surface area contributed by atoms with Gasteiger partial charge in [0.1, 0.15) is 11.8 Å². The molecule has 0 aliphatic carbocycles. The second-order valence-corrected chi connectivity index (χ2v) is 9.85. The average molecular weight is 487 g/mol. The van der Waals surface area contributed by atoms with Gasteiger partial charge in [0.15, 0.2) is 6.61 Å². The van der Waals surface area contributed by atoms with Crippen LogP contribution in [-0.2, 0) is 22.6 Å². The number of carbonyl (C=O) groups is 2. The predicted molar refractivity (Wildman–Crippen MR) is 145 cm³/mol. The molecule has 0 spiro atoms. The molecule has 1 N–H and O–H groups in total. The summed E-state index contributed by atoms with van der Waals surface area (Å²) in [6, 6.07) is 23.0. The minimum absolute atomic E-state index is 0.140. The number of aryl methyl sites for hydroxylation is 3. The van der Waals surface area contributed by atoms with E-state index in [-0.39, 0.29) is 18.4 Å². The van der Waals surface area contributed by atoms with Crippen molar-refractivity contribution in [1.29, 1.82) is 0 Å². The Bertz CT molecular complexity index is 1160. The number of nitrogens with zero attached hydrogens (tertiary/aromatic N) is 1. The molecule has 5 nitrogen and oxygen atoms in total. The molecule has 0 unspecified atom stereocenters. The molecule has 5 heteroatoms. The Morgan fingerprint density at radius 2 is 1.58 bits per heavy atom. The van der Waals surface area contributed by atoms with E-state index in [1.807, 2.05) is 93.6 Å². The van der Waals surface area contributed by atoms with Gasteiger partial charge in [0.05, 0.1) is 0 Å². The first-order valence-corrected chi connectivity index (χ1v) is 12.6. The van der Waals surface area contributed by atoms with Gasteiger partial charge in [0, 0.05) is 19.5 Å². The first-order chi connectivity index (χ1) is 17.2. The van der Waals surface area contributed by atoms with Crippen molar-refractivity contribution in [3.63, 3.8) is 0 Å². The molecule has 3 rings (SSSR count). The van der Waals surface area contributed by atoms with Gasteiger partial charge in [-0.15, -0.1) is 0 Å². The van der Waals surface area contributed by atoms with Crippen molar-refractivity contribution in [3.05, 3.63) is 101 Å². The lowest BCUT2D eigenvalue weighted by Crippen LogP contribution is -2.52. The van der Waals surface area contributed by atoms with E-state index in [9.17, 15) is 9.59 Å². The number of benzene rings is 3. The monoisotopic (exact) mass is 486 g/mol. The highest BCUT2D eigenvalue weighted by Gasteiger charge is 2.31. The molecule has 0 heterocycles. The van der Waals surface area contributed by atoms with Crippen LogP contribution < -0.4 is 10.1 Å². The Balaban J connectivity index is 1.92. The van der Waals surface area contributed by atoms with Gasteiger partial charge in [-0.05, 0) is 55.0 Å². The topological polar surface area (TPSA) is 58.6 Å². The maximum Gasteiger partial charge on any atom is 0.261 e. The minimum atomic E-state index is -0.666. The molecule has 0 fully saturated rings. The molecular formula is C31H38N2O3. The molecule has 0 aromatic heterocycles. The number of hydrogen-bond acceptors (Lipinski definition) is 3. The molecule has 3 aromatic rings. The van der Waals surface area contributed by atoms with E-state index < -0.39 is 6.04 Å². The standard InChI is InChI=1S/C31H38N2O3/c1-22(2)19-32-31(35)28(18-26-12-7-6-8-13-26)33(20-27-14-10-9-11-24(27)4)30(34)21-36-29-16-15-23(3)17-25(29)5/h6-17,22,28H,18-21H2,1-5H3,(H,32,35)/t28-/m0/s1. The van der Waals surface area contributed by atoms with Gasteiger partial charge in [-0.1, -0.05) is 86.1 Å². The Kier molecular flexibility index (Phi) is 9.69. The van der Waals surface area contributed by atoms with Crippen molar-refractivity contribution in [2.75, 3.05) is 13.2 Å². The number of rotatable bonds is 11. The third-order valence-electron chi connectivity index (χ3n) is 6.24. The van der Waals surface area contributed by atoms with Gasteiger partial charge in [0.25, 0.3) is 5.91 Å². The fraction of sp³-hybridized carbons (Fsp3) is 0.355. The van der Waals surface area contributed by atoms with Crippen LogP contribution in [0, 0.1) is 26.7 Å². The first kappa shape index (κ1) is 27.0. The minimum Gasteiger partial charge on any atom is -0.483 e. The lowest BCUT2D eigenvalue weighted by Gasteiger charge is -2.32. The second-order valence-electron chi connectivity index (χ2n) is 9.85. The van der Waals surface area contributed by atoms with Gasteiger partial charge in [-0.3, -0.25) is 9.59 Å². The quantitative estimate of drug-likeness (QED) is 0.395. The molecular weight excluding hydrogens is 448 g/mol. The van der Waals surface area contributed by atoms with Gasteiger partial charge in [-0.25, -0.2) is 0 Å². The predicted octanol–water partition coefficient (Wildman–Crippen LogP) is 5.40. The molecule has 0 saturated carbocycles. The van der Waals surface area contributed by atoms with Crippen LogP contribution in [0.3, 0.4) is 0 Å². The molecule has 2 amide bonds. The smallest absolute Gasteiger partial charge is 0.261 e. The van der Waals surface area contributed by atoms with Crippen molar-refractivity contribution in [1.82, 2.24) is 10.2 Å². The van der Waals surface area contributed by atoms with E-state index in [1.54, 1.807) is 4.90 Å². The summed E-state index contributed by atoms with van der Waals surface area (Å²) in [4.78, 5) is 28.9. The third-order valence-corrected chi connectivity index (χ3v) is 6.24. The van der Waals surface area contributed by atoms with Crippen LogP contribution in [0.5, 0.6) is 5.75 Å². The molecule has 1 atom stereocenters. The summed E-state index contributed by atoms with van der Waals surface area (Å²) in [6.07, 6.45) is 0.423. The van der Waals surface area contributed by atoms with E-state index in [0.29, 0.717) is 31.2 Å². The van der Waals surface area contributed by atoms with Crippen LogP contribution in [0.15, 0.2) is 72.8 Å². The Labute approximate surface area is 215 Å². The zero-order chi connectivity index (χ0) is 26.1. The molecule has 3 aromatic carbocycles. The van der Waals surface area contributed by atoms with Crippen LogP contribution in [-0.4, -0.2) is 35.9 Å². The maximum absolute atomic E-state index is 13.7. The van der Waals surface area contributed by atoms with Crippen molar-refractivity contribution in [2.24, 2.45) is 5.92 Å². The van der Waals surface area contributed by atoms with E-state index in [1.165, 1.54) is 0 Å². The van der Waals surface area contributed by atoms with Crippen LogP contribution >= 0.6 is 0 Å². The lowest BCUT2D eigenvalue weighted by atomic mass is 10.0. The fourth-order valence-corrected chi connectivity index (χ4v) is 4.13. The fourth-order valence-electron chi connectivity index (χ4n) is 4.13. The lowest BCUT2D eigenvalue weighted by molar-refractivity contribution is -0.142. The molecule has 0 aliphatic rings. The van der Waals surface area contributed by atoms with E-state index >= 15 is 0 Å². The largest absolute Gasteiger partial charge is 0.483 e. The summed E-state index contributed by atoms with van der Waals surface area (Å²) in [5.74, 6) is 0.605. The summed E-state index contributed by atoms with van der Waals surface area (Å²) < 4.78 is 5.96. The molecule has 36 heavy (non-hydrogen) atoms. The van der Waals surface area contributed by atoms with Gasteiger partial charge >= 0.3 is 0 Å².